The summed E-state index contributed by atoms with van der Waals surface area (Å²) in [6.07, 6.45) is 2.09. The quantitative estimate of drug-likeness (QED) is 0.437. The number of carboxylic acid groups (broad SMARTS) is 1. The molecule has 2 rings (SSSR count). The Morgan fingerprint density at radius 1 is 1.23 bits per heavy atom. The molecule has 2 aromatic rings. The van der Waals surface area contributed by atoms with E-state index in [1.807, 2.05) is 38.3 Å². The molecule has 5 heteroatoms. The maximum absolute atomic E-state index is 12.4. The molecule has 26 heavy (non-hydrogen) atoms. The number of aryl methyl sites for hydroxylation is 2. The Kier molecular flexibility index (Phi) is 6.03. The van der Waals surface area contributed by atoms with Crippen molar-refractivity contribution in [2.75, 3.05) is 0 Å². The fourth-order valence-corrected chi connectivity index (χ4v) is 3.43. The lowest BCUT2D eigenvalue weighted by Crippen LogP contribution is -2.14. The molecule has 4 nitrogen and oxygen atoms in total. The highest BCUT2D eigenvalue weighted by Crippen LogP contribution is 2.34. The van der Waals surface area contributed by atoms with E-state index in [1.165, 1.54) is 6.08 Å². The lowest BCUT2D eigenvalue weighted by molar-refractivity contribution is -0.134. The number of thiophene rings is 1. The molecular formula is C21H24O4S. The normalized spacial score (nSPS) is 12.2. The van der Waals surface area contributed by atoms with Crippen molar-refractivity contribution in [1.82, 2.24) is 0 Å². The fraction of sp³-hybridized carbons (Fsp3) is 0.333. The number of rotatable bonds is 6. The first-order valence-electron chi connectivity index (χ1n) is 8.44. The van der Waals surface area contributed by atoms with Crippen LogP contribution in [0.15, 0.2) is 35.2 Å². The van der Waals surface area contributed by atoms with Gasteiger partial charge in [0.25, 0.3) is 0 Å². The van der Waals surface area contributed by atoms with Gasteiger partial charge in [-0.05, 0) is 59.5 Å². The summed E-state index contributed by atoms with van der Waals surface area (Å²) in [6, 6.07) is 7.28. The van der Waals surface area contributed by atoms with E-state index in [9.17, 15) is 19.8 Å². The smallest absolute Gasteiger partial charge is 0.339 e. The summed E-state index contributed by atoms with van der Waals surface area (Å²) in [5.74, 6) is -1.42. The number of aliphatic carboxylic acids is 1. The Balaban J connectivity index is 2.35. The van der Waals surface area contributed by atoms with Crippen LogP contribution in [0.5, 0.6) is 5.75 Å². The van der Waals surface area contributed by atoms with Crippen LogP contribution in [0.25, 0.3) is 6.08 Å². The molecule has 0 saturated carbocycles. The molecule has 0 amide bonds. The van der Waals surface area contributed by atoms with Gasteiger partial charge in [-0.3, -0.25) is 4.79 Å². The van der Waals surface area contributed by atoms with Gasteiger partial charge in [-0.1, -0.05) is 26.8 Å². The summed E-state index contributed by atoms with van der Waals surface area (Å²) in [7, 11) is 0. The second-order valence-corrected chi connectivity index (χ2v) is 8.38. The van der Waals surface area contributed by atoms with Crippen molar-refractivity contribution in [3.05, 3.63) is 56.8 Å². The summed E-state index contributed by atoms with van der Waals surface area (Å²) in [4.78, 5) is 25.1. The number of hydrogen-bond donors (Lipinski definition) is 2. The van der Waals surface area contributed by atoms with Crippen LogP contribution in [0.4, 0.5) is 0 Å². The molecule has 2 N–H and O–H groups in total. The highest BCUT2D eigenvalue weighted by molar-refractivity contribution is 7.09. The third-order valence-corrected chi connectivity index (χ3v) is 5.09. The summed E-state index contributed by atoms with van der Waals surface area (Å²) in [5.41, 5.74) is 1.45. The molecule has 0 radical (unpaired) electrons. The lowest BCUT2D eigenvalue weighted by Gasteiger charge is -2.22. The number of benzene rings is 1. The van der Waals surface area contributed by atoms with E-state index in [-0.39, 0.29) is 23.2 Å². The van der Waals surface area contributed by atoms with Gasteiger partial charge in [0.1, 0.15) is 11.3 Å². The number of hydrogen-bond acceptors (Lipinski definition) is 4. The van der Waals surface area contributed by atoms with Gasteiger partial charge in [-0.15, -0.1) is 11.3 Å². The van der Waals surface area contributed by atoms with Crippen LogP contribution < -0.4 is 0 Å². The lowest BCUT2D eigenvalue weighted by atomic mass is 9.84. The molecular weight excluding hydrogens is 348 g/mol. The van der Waals surface area contributed by atoms with Crippen molar-refractivity contribution in [2.45, 2.75) is 46.0 Å². The molecule has 0 unspecified atom stereocenters. The summed E-state index contributed by atoms with van der Waals surface area (Å²) >= 11 is 1.55. The first-order valence-corrected chi connectivity index (χ1v) is 9.32. The first kappa shape index (κ1) is 19.9. The van der Waals surface area contributed by atoms with Crippen LogP contribution in [-0.2, 0) is 21.4 Å². The minimum atomic E-state index is -1.23. The Bertz CT molecular complexity index is 840. The topological polar surface area (TPSA) is 74.6 Å². The predicted molar refractivity (Wildman–Crippen MR) is 105 cm³/mol. The Hall–Kier alpha value is -2.40. The number of carbonyl (C=O) groups excluding carboxylic acids is 1. The molecule has 138 valence electrons. The highest BCUT2D eigenvalue weighted by atomic mass is 32.1. The van der Waals surface area contributed by atoms with Crippen molar-refractivity contribution >= 4 is 29.2 Å². The first-order chi connectivity index (χ1) is 12.1. The largest absolute Gasteiger partial charge is 0.507 e. The Morgan fingerprint density at radius 3 is 2.46 bits per heavy atom. The van der Waals surface area contributed by atoms with Crippen molar-refractivity contribution in [1.29, 1.82) is 0 Å². The predicted octanol–water partition coefficient (Wildman–Crippen LogP) is 4.73. The van der Waals surface area contributed by atoms with Crippen LogP contribution in [-0.4, -0.2) is 22.0 Å². The second-order valence-electron chi connectivity index (χ2n) is 7.35. The van der Waals surface area contributed by atoms with Gasteiger partial charge >= 0.3 is 5.97 Å². The van der Waals surface area contributed by atoms with E-state index in [1.54, 1.807) is 30.4 Å². The highest BCUT2D eigenvalue weighted by Gasteiger charge is 2.22. The molecule has 0 aliphatic heterocycles. The van der Waals surface area contributed by atoms with E-state index in [0.717, 1.165) is 10.4 Å². The van der Waals surface area contributed by atoms with Gasteiger partial charge in [-0.2, -0.15) is 0 Å². The van der Waals surface area contributed by atoms with Crippen LogP contribution >= 0.6 is 11.3 Å². The van der Waals surface area contributed by atoms with E-state index < -0.39 is 11.8 Å². The number of carbonyl (C=O) groups is 2. The molecule has 0 fully saturated rings. The van der Waals surface area contributed by atoms with Crippen molar-refractivity contribution in [2.24, 2.45) is 0 Å². The molecule has 0 bridgehead atoms. The molecule has 0 saturated heterocycles. The maximum Gasteiger partial charge on any atom is 0.339 e. The average molecular weight is 372 g/mol. The van der Waals surface area contributed by atoms with Gasteiger partial charge in [0.2, 0.25) is 0 Å². The van der Waals surface area contributed by atoms with Crippen LogP contribution in [0.3, 0.4) is 0 Å². The summed E-state index contributed by atoms with van der Waals surface area (Å²) < 4.78 is 0. The van der Waals surface area contributed by atoms with Crippen molar-refractivity contribution < 1.29 is 19.8 Å². The number of Topliss-reactive ketones (excluding diaryl/α,β-unsaturated/α-hetero) is 1. The SMILES string of the molecule is Cc1cc(C=C(C(=O)O)C(=O)CCc2cccs2)cc(C(C)(C)C)c1O. The Labute approximate surface area is 157 Å². The van der Waals surface area contributed by atoms with Crippen molar-refractivity contribution in [3.8, 4) is 5.75 Å². The van der Waals surface area contributed by atoms with Crippen LogP contribution in [0, 0.1) is 6.92 Å². The maximum atomic E-state index is 12.4. The molecule has 1 aromatic carbocycles. The van der Waals surface area contributed by atoms with E-state index in [0.29, 0.717) is 17.5 Å². The van der Waals surface area contributed by atoms with Gasteiger partial charge in [0.15, 0.2) is 5.78 Å². The second kappa shape index (κ2) is 7.87. The third kappa shape index (κ3) is 4.82. The number of carboxylic acids is 1. The molecule has 0 atom stereocenters. The standard InChI is InChI=1S/C21H24O4S/c1-13-10-14(12-17(19(13)23)21(2,3)4)11-16(20(24)25)18(22)8-7-15-6-5-9-26-15/h5-6,9-12,23H,7-8H2,1-4H3,(H,24,25). The van der Waals surface area contributed by atoms with E-state index in [4.69, 9.17) is 0 Å². The van der Waals surface area contributed by atoms with E-state index in [2.05, 4.69) is 0 Å². The number of phenols is 1. The zero-order chi connectivity index (χ0) is 19.5. The summed E-state index contributed by atoms with van der Waals surface area (Å²) in [6.45, 7) is 7.68. The average Bonchev–Trinajstić information content (AvgIpc) is 3.05. The van der Waals surface area contributed by atoms with Gasteiger partial charge in [0, 0.05) is 16.9 Å². The third-order valence-electron chi connectivity index (χ3n) is 4.15. The van der Waals surface area contributed by atoms with Crippen LogP contribution in [0.2, 0.25) is 0 Å². The van der Waals surface area contributed by atoms with Gasteiger partial charge in [0.05, 0.1) is 0 Å². The number of aromatic hydroxyl groups is 1. The number of ketones is 1. The minimum absolute atomic E-state index is 0.155. The molecule has 1 aromatic heterocycles. The van der Waals surface area contributed by atoms with Crippen LogP contribution in [0.1, 0.15) is 48.8 Å². The van der Waals surface area contributed by atoms with Gasteiger partial charge < -0.3 is 10.2 Å². The van der Waals surface area contributed by atoms with Crippen molar-refractivity contribution in [3.63, 3.8) is 0 Å². The number of phenolic OH excluding ortho intramolecular Hbond substituents is 1. The molecule has 0 spiro atoms. The molecule has 1 heterocycles. The molecule has 0 aliphatic rings. The zero-order valence-electron chi connectivity index (χ0n) is 15.5. The summed E-state index contributed by atoms with van der Waals surface area (Å²) in [5, 5.41) is 21.7. The minimum Gasteiger partial charge on any atom is -0.507 e. The molecule has 0 aliphatic carbocycles. The monoisotopic (exact) mass is 372 g/mol. The van der Waals surface area contributed by atoms with E-state index >= 15 is 0 Å². The van der Waals surface area contributed by atoms with Gasteiger partial charge in [-0.25, -0.2) is 4.79 Å². The Morgan fingerprint density at radius 2 is 1.92 bits per heavy atom. The zero-order valence-corrected chi connectivity index (χ0v) is 16.3. The fourth-order valence-electron chi connectivity index (χ4n) is 2.72.